The molecule has 2 saturated heterocycles. The summed E-state index contributed by atoms with van der Waals surface area (Å²) in [5.41, 5.74) is 1.71. The van der Waals surface area contributed by atoms with E-state index in [4.69, 9.17) is 4.42 Å². The Morgan fingerprint density at radius 1 is 1.07 bits per heavy atom. The van der Waals surface area contributed by atoms with Gasteiger partial charge in [-0.3, -0.25) is 4.79 Å². The number of fused-ring (bicyclic) bond motifs is 2. The van der Waals surface area contributed by atoms with Gasteiger partial charge in [-0.25, -0.2) is 0 Å². The van der Waals surface area contributed by atoms with E-state index in [0.29, 0.717) is 18.0 Å². The van der Waals surface area contributed by atoms with Crippen LogP contribution in [0.15, 0.2) is 28.7 Å². The van der Waals surface area contributed by atoms with Gasteiger partial charge in [-0.2, -0.15) is 4.98 Å². The van der Waals surface area contributed by atoms with Crippen LogP contribution < -0.4 is 10.2 Å². The molecule has 0 bridgehead atoms. The molecule has 1 aromatic heterocycles. The fraction of sp³-hybridized carbons (Fsp3) is 0.600. The molecule has 8 heteroatoms. The summed E-state index contributed by atoms with van der Waals surface area (Å²) in [6.45, 7) is 3.03. The van der Waals surface area contributed by atoms with E-state index in [1.807, 2.05) is 29.2 Å². The molecule has 1 aliphatic carbocycles. The maximum atomic E-state index is 12.9. The molecule has 1 aromatic carbocycles. The van der Waals surface area contributed by atoms with Gasteiger partial charge in [-0.1, -0.05) is 25.0 Å². The van der Waals surface area contributed by atoms with Gasteiger partial charge >= 0.3 is 0 Å². The Hall–Kier alpha value is -1.50. The number of amides is 1. The molecule has 0 spiro atoms. The number of hydrogen-bond acceptors (Lipinski definition) is 5. The highest BCUT2D eigenvalue weighted by Gasteiger charge is 2.40. The Balaban J connectivity index is 0.00000112. The molecule has 0 radical (unpaired) electrons. The van der Waals surface area contributed by atoms with Gasteiger partial charge in [0.1, 0.15) is 5.52 Å². The van der Waals surface area contributed by atoms with E-state index in [-0.39, 0.29) is 36.8 Å². The molecule has 3 heterocycles. The zero-order valence-electron chi connectivity index (χ0n) is 15.9. The lowest BCUT2D eigenvalue weighted by Gasteiger charge is -2.35. The van der Waals surface area contributed by atoms with Crippen LogP contribution in [-0.4, -0.2) is 54.1 Å². The maximum Gasteiger partial charge on any atom is 0.298 e. The second-order valence-electron chi connectivity index (χ2n) is 7.88. The number of oxazole rings is 1. The first-order chi connectivity index (χ1) is 12.8. The average Bonchev–Trinajstić information content (AvgIpc) is 3.31. The van der Waals surface area contributed by atoms with Gasteiger partial charge in [0.15, 0.2) is 5.58 Å². The number of carbonyl (C=O) groups is 1. The van der Waals surface area contributed by atoms with E-state index in [0.717, 1.165) is 43.7 Å². The summed E-state index contributed by atoms with van der Waals surface area (Å²) in [5.74, 6) is 0.996. The molecule has 5 rings (SSSR count). The first kappa shape index (κ1) is 21.2. The standard InChI is InChI=1S/C20H26N4O2.2ClH/c25-19(17-13-14-5-1-2-6-15(14)21-17)23-9-11-24(12-10-23)20-22-16-7-3-4-8-18(16)26-20;;/h3-4,7-8,14-15,17,21H,1-2,5-6,9-13H2;2*1H. The summed E-state index contributed by atoms with van der Waals surface area (Å²) in [6.07, 6.45) is 6.17. The van der Waals surface area contributed by atoms with Crippen molar-refractivity contribution in [2.75, 3.05) is 31.1 Å². The number of hydrogen-bond donors (Lipinski definition) is 1. The number of para-hydroxylation sites is 2. The monoisotopic (exact) mass is 426 g/mol. The fourth-order valence-corrected chi connectivity index (χ4v) is 4.84. The number of rotatable bonds is 2. The largest absolute Gasteiger partial charge is 0.423 e. The summed E-state index contributed by atoms with van der Waals surface area (Å²) in [7, 11) is 0. The second kappa shape index (κ2) is 8.89. The number of nitrogens with zero attached hydrogens (tertiary/aromatic N) is 3. The van der Waals surface area contributed by atoms with Crippen LogP contribution in [0.1, 0.15) is 32.1 Å². The lowest BCUT2D eigenvalue weighted by molar-refractivity contribution is -0.133. The molecule has 1 N–H and O–H groups in total. The zero-order valence-corrected chi connectivity index (χ0v) is 17.5. The fourth-order valence-electron chi connectivity index (χ4n) is 4.84. The van der Waals surface area contributed by atoms with Crippen molar-refractivity contribution in [1.29, 1.82) is 0 Å². The van der Waals surface area contributed by atoms with Gasteiger partial charge < -0.3 is 19.5 Å². The predicted octanol–water partition coefficient (Wildman–Crippen LogP) is 3.24. The van der Waals surface area contributed by atoms with Gasteiger partial charge in [0.2, 0.25) is 5.91 Å². The van der Waals surface area contributed by atoms with Crippen LogP contribution in [0.5, 0.6) is 0 Å². The average molecular weight is 427 g/mol. The van der Waals surface area contributed by atoms with Gasteiger partial charge in [-0.15, -0.1) is 24.8 Å². The Morgan fingerprint density at radius 2 is 1.82 bits per heavy atom. The van der Waals surface area contributed by atoms with Crippen molar-refractivity contribution in [3.8, 4) is 0 Å². The van der Waals surface area contributed by atoms with Crippen molar-refractivity contribution in [3.05, 3.63) is 24.3 Å². The van der Waals surface area contributed by atoms with Gasteiger partial charge in [0.05, 0.1) is 6.04 Å². The highest BCUT2D eigenvalue weighted by molar-refractivity contribution is 5.85. The number of aromatic nitrogens is 1. The third-order valence-electron chi connectivity index (χ3n) is 6.31. The molecule has 3 atom stereocenters. The lowest BCUT2D eigenvalue weighted by Crippen LogP contribution is -2.53. The highest BCUT2D eigenvalue weighted by Crippen LogP contribution is 2.34. The summed E-state index contributed by atoms with van der Waals surface area (Å²) < 4.78 is 5.87. The van der Waals surface area contributed by atoms with Crippen LogP contribution in [0.25, 0.3) is 11.1 Å². The van der Waals surface area contributed by atoms with Gasteiger partial charge in [-0.05, 0) is 37.3 Å². The van der Waals surface area contributed by atoms with E-state index >= 15 is 0 Å². The number of carbonyl (C=O) groups excluding carboxylic acids is 1. The Morgan fingerprint density at radius 3 is 2.57 bits per heavy atom. The molecule has 3 aliphatic rings. The Kier molecular flexibility index (Phi) is 6.73. The van der Waals surface area contributed by atoms with E-state index in [1.54, 1.807) is 0 Å². The summed E-state index contributed by atoms with van der Waals surface area (Å²) >= 11 is 0. The summed E-state index contributed by atoms with van der Waals surface area (Å²) in [4.78, 5) is 21.7. The van der Waals surface area contributed by atoms with Crippen molar-refractivity contribution in [3.63, 3.8) is 0 Å². The Bertz CT molecular complexity index is 759. The van der Waals surface area contributed by atoms with Crippen molar-refractivity contribution < 1.29 is 9.21 Å². The van der Waals surface area contributed by atoms with Crippen LogP contribution in [0, 0.1) is 5.92 Å². The lowest BCUT2D eigenvalue weighted by atomic mass is 9.85. The van der Waals surface area contributed by atoms with Crippen LogP contribution in [0.2, 0.25) is 0 Å². The van der Waals surface area contributed by atoms with Crippen LogP contribution in [0.4, 0.5) is 6.01 Å². The molecule has 3 fully saturated rings. The molecule has 154 valence electrons. The number of piperazine rings is 1. The minimum atomic E-state index is 0. The van der Waals surface area contributed by atoms with Crippen molar-refractivity contribution in [1.82, 2.24) is 15.2 Å². The molecule has 2 aliphatic heterocycles. The highest BCUT2D eigenvalue weighted by atomic mass is 35.5. The smallest absolute Gasteiger partial charge is 0.298 e. The van der Waals surface area contributed by atoms with E-state index in [2.05, 4.69) is 15.2 Å². The Labute approximate surface area is 177 Å². The van der Waals surface area contributed by atoms with Crippen LogP contribution in [0.3, 0.4) is 0 Å². The van der Waals surface area contributed by atoms with Crippen molar-refractivity contribution in [2.45, 2.75) is 44.2 Å². The van der Waals surface area contributed by atoms with Crippen molar-refractivity contribution >= 4 is 47.8 Å². The SMILES string of the molecule is Cl.Cl.O=C(C1CC2CCCCC2N1)N1CCN(c2nc3ccccc3o2)CC1. The third-order valence-corrected chi connectivity index (χ3v) is 6.31. The third kappa shape index (κ3) is 3.95. The zero-order chi connectivity index (χ0) is 17.5. The maximum absolute atomic E-state index is 12.9. The van der Waals surface area contributed by atoms with Crippen LogP contribution in [-0.2, 0) is 4.79 Å². The number of benzene rings is 1. The number of nitrogens with one attached hydrogen (secondary N) is 1. The van der Waals surface area contributed by atoms with Gasteiger partial charge in [0.25, 0.3) is 6.01 Å². The molecule has 3 unspecified atom stereocenters. The minimum Gasteiger partial charge on any atom is -0.423 e. The minimum absolute atomic E-state index is 0. The molecule has 1 saturated carbocycles. The molecule has 2 aromatic rings. The van der Waals surface area contributed by atoms with Crippen molar-refractivity contribution in [2.24, 2.45) is 5.92 Å². The topological polar surface area (TPSA) is 61.6 Å². The molecule has 1 amide bonds. The normalized spacial score (nSPS) is 27.1. The van der Waals surface area contributed by atoms with Crippen LogP contribution >= 0.6 is 24.8 Å². The first-order valence-corrected chi connectivity index (χ1v) is 9.93. The molecule has 28 heavy (non-hydrogen) atoms. The molecular weight excluding hydrogens is 399 g/mol. The first-order valence-electron chi connectivity index (χ1n) is 9.93. The van der Waals surface area contributed by atoms with E-state index in [9.17, 15) is 4.79 Å². The number of halogens is 2. The summed E-state index contributed by atoms with van der Waals surface area (Å²) in [5, 5.41) is 3.61. The summed E-state index contributed by atoms with van der Waals surface area (Å²) in [6, 6.07) is 9.10. The quantitative estimate of drug-likeness (QED) is 0.798. The number of anilines is 1. The molecular formula is C20H28Cl2N4O2. The van der Waals surface area contributed by atoms with Gasteiger partial charge in [0, 0.05) is 32.2 Å². The molecule has 6 nitrogen and oxygen atoms in total. The van der Waals surface area contributed by atoms with E-state index in [1.165, 1.54) is 25.7 Å². The predicted molar refractivity (Wildman–Crippen MR) is 115 cm³/mol. The van der Waals surface area contributed by atoms with E-state index < -0.39 is 0 Å². The second-order valence-corrected chi connectivity index (χ2v) is 7.88.